The first-order valence-corrected chi connectivity index (χ1v) is 3.99. The van der Waals surface area contributed by atoms with Crippen molar-refractivity contribution in [2.45, 2.75) is 6.18 Å². The van der Waals surface area contributed by atoms with Gasteiger partial charge in [0.2, 0.25) is 0 Å². The Morgan fingerprint density at radius 2 is 2.07 bits per heavy atom. The van der Waals surface area contributed by atoms with Crippen LogP contribution in [0.2, 0.25) is 0 Å². The first-order valence-electron chi connectivity index (χ1n) is 3.19. The molecule has 14 heavy (non-hydrogen) atoms. The molecule has 0 aliphatic carbocycles. The van der Waals surface area contributed by atoms with Gasteiger partial charge in [-0.05, 0) is 22.0 Å². The number of nitro groups is 1. The maximum atomic E-state index is 12.2. The lowest BCUT2D eigenvalue weighted by atomic mass is 10.2. The van der Waals surface area contributed by atoms with E-state index >= 15 is 0 Å². The van der Waals surface area contributed by atoms with Gasteiger partial charge in [-0.1, -0.05) is 0 Å². The van der Waals surface area contributed by atoms with Gasteiger partial charge >= 0.3 is 6.18 Å². The highest BCUT2D eigenvalue weighted by Crippen LogP contribution is 2.36. The number of rotatable bonds is 1. The highest BCUT2D eigenvalue weighted by Gasteiger charge is 2.38. The van der Waals surface area contributed by atoms with Gasteiger partial charge in [0.25, 0.3) is 5.69 Å². The molecule has 0 N–H and O–H groups in total. The molecule has 8 heteroatoms. The van der Waals surface area contributed by atoms with Crippen molar-refractivity contribution in [3.05, 3.63) is 32.5 Å². The van der Waals surface area contributed by atoms with Crippen LogP contribution in [0.15, 0.2) is 16.9 Å². The van der Waals surface area contributed by atoms with Crippen LogP contribution in [0.4, 0.5) is 18.9 Å². The molecule has 0 atom stereocenters. The van der Waals surface area contributed by atoms with Crippen LogP contribution in [0.3, 0.4) is 0 Å². The average molecular weight is 271 g/mol. The van der Waals surface area contributed by atoms with E-state index in [9.17, 15) is 23.3 Å². The number of pyridine rings is 1. The maximum Gasteiger partial charge on any atom is 0.423 e. The normalized spacial score (nSPS) is 11.4. The molecule has 0 saturated carbocycles. The minimum Gasteiger partial charge on any atom is -0.258 e. The van der Waals surface area contributed by atoms with Crippen molar-refractivity contribution in [1.29, 1.82) is 0 Å². The molecule has 1 rings (SSSR count). The summed E-state index contributed by atoms with van der Waals surface area (Å²) in [5.74, 6) is 0. The minimum atomic E-state index is -4.76. The predicted octanol–water partition coefficient (Wildman–Crippen LogP) is 2.77. The molecule has 0 unspecified atom stereocenters. The van der Waals surface area contributed by atoms with E-state index < -0.39 is 22.4 Å². The SMILES string of the molecule is O=[N+]([O-])c1cnc(Br)cc1C(F)(F)F. The van der Waals surface area contributed by atoms with Gasteiger partial charge in [0, 0.05) is 0 Å². The highest BCUT2D eigenvalue weighted by atomic mass is 79.9. The molecule has 0 aliphatic rings. The van der Waals surface area contributed by atoms with Gasteiger partial charge in [-0.25, -0.2) is 4.98 Å². The van der Waals surface area contributed by atoms with Gasteiger partial charge in [-0.15, -0.1) is 0 Å². The largest absolute Gasteiger partial charge is 0.423 e. The molecule has 1 aromatic rings. The summed E-state index contributed by atoms with van der Waals surface area (Å²) in [6.45, 7) is 0. The van der Waals surface area contributed by atoms with E-state index in [1.165, 1.54) is 0 Å². The minimum absolute atomic E-state index is 0.101. The monoisotopic (exact) mass is 270 g/mol. The van der Waals surface area contributed by atoms with Crippen LogP contribution in [0.5, 0.6) is 0 Å². The second-order valence-electron chi connectivity index (χ2n) is 2.28. The second-order valence-corrected chi connectivity index (χ2v) is 3.09. The third-order valence-corrected chi connectivity index (χ3v) is 1.79. The van der Waals surface area contributed by atoms with Crippen LogP contribution in [0, 0.1) is 10.1 Å². The first kappa shape index (κ1) is 10.9. The van der Waals surface area contributed by atoms with E-state index in [0.717, 1.165) is 0 Å². The Labute approximate surface area is 84.0 Å². The zero-order valence-corrected chi connectivity index (χ0v) is 7.96. The summed E-state index contributed by atoms with van der Waals surface area (Å²) < 4.78 is 36.6. The van der Waals surface area contributed by atoms with Crippen molar-refractivity contribution >= 4 is 21.6 Å². The standard InChI is InChI=1S/C6H2BrF3N2O2/c7-5-1-3(6(8,9)10)4(2-11-5)12(13)14/h1-2H. The smallest absolute Gasteiger partial charge is 0.258 e. The number of alkyl halides is 3. The fraction of sp³-hybridized carbons (Fsp3) is 0.167. The molecular weight excluding hydrogens is 269 g/mol. The molecule has 0 bridgehead atoms. The van der Waals surface area contributed by atoms with Crippen LogP contribution >= 0.6 is 15.9 Å². The molecule has 1 heterocycles. The van der Waals surface area contributed by atoms with Gasteiger partial charge in [-0.2, -0.15) is 13.2 Å². The van der Waals surface area contributed by atoms with Crippen LogP contribution in [-0.4, -0.2) is 9.91 Å². The van der Waals surface area contributed by atoms with Gasteiger partial charge in [-0.3, -0.25) is 10.1 Å². The van der Waals surface area contributed by atoms with Crippen LogP contribution in [0.1, 0.15) is 5.56 Å². The summed E-state index contributed by atoms with van der Waals surface area (Å²) in [5, 5.41) is 10.2. The van der Waals surface area contributed by atoms with Gasteiger partial charge in [0.15, 0.2) is 0 Å². The van der Waals surface area contributed by atoms with E-state index in [-0.39, 0.29) is 4.60 Å². The van der Waals surface area contributed by atoms with Crippen molar-refractivity contribution in [2.75, 3.05) is 0 Å². The van der Waals surface area contributed by atoms with E-state index in [2.05, 4.69) is 20.9 Å². The fourth-order valence-corrected chi connectivity index (χ4v) is 1.13. The summed E-state index contributed by atoms with van der Waals surface area (Å²) >= 11 is 2.70. The second kappa shape index (κ2) is 3.52. The Hall–Kier alpha value is -1.18. The Morgan fingerprint density at radius 3 is 2.50 bits per heavy atom. The maximum absolute atomic E-state index is 12.2. The van der Waals surface area contributed by atoms with Crippen LogP contribution in [-0.2, 0) is 6.18 Å². The molecule has 0 radical (unpaired) electrons. The highest BCUT2D eigenvalue weighted by molar-refractivity contribution is 9.10. The van der Waals surface area contributed by atoms with Crippen molar-refractivity contribution in [1.82, 2.24) is 4.98 Å². The Morgan fingerprint density at radius 1 is 1.50 bits per heavy atom. The van der Waals surface area contributed by atoms with E-state index in [1.807, 2.05) is 0 Å². The Bertz CT molecular complexity index is 380. The molecule has 0 saturated heterocycles. The molecule has 0 aromatic carbocycles. The van der Waals surface area contributed by atoms with Crippen LogP contribution < -0.4 is 0 Å². The van der Waals surface area contributed by atoms with E-state index in [0.29, 0.717) is 12.3 Å². The summed E-state index contributed by atoms with van der Waals surface area (Å²) in [5.41, 5.74) is -2.37. The van der Waals surface area contributed by atoms with Crippen molar-refractivity contribution in [3.63, 3.8) is 0 Å². The molecule has 0 fully saturated rings. The topological polar surface area (TPSA) is 56.0 Å². The summed E-state index contributed by atoms with van der Waals surface area (Å²) in [6, 6.07) is 0.568. The number of aromatic nitrogens is 1. The molecule has 0 aliphatic heterocycles. The molecule has 0 spiro atoms. The van der Waals surface area contributed by atoms with Crippen molar-refractivity contribution in [2.24, 2.45) is 0 Å². The fourth-order valence-electron chi connectivity index (χ4n) is 0.795. The average Bonchev–Trinajstić information content (AvgIpc) is 2.01. The Kier molecular flexibility index (Phi) is 2.74. The molecule has 1 aromatic heterocycles. The Balaban J connectivity index is 3.38. The lowest BCUT2D eigenvalue weighted by Gasteiger charge is -2.06. The molecule has 0 amide bonds. The van der Waals surface area contributed by atoms with Gasteiger partial charge < -0.3 is 0 Å². The third-order valence-electron chi connectivity index (χ3n) is 1.35. The lowest BCUT2D eigenvalue weighted by molar-refractivity contribution is -0.388. The summed E-state index contributed by atoms with van der Waals surface area (Å²) in [4.78, 5) is 12.5. The zero-order valence-electron chi connectivity index (χ0n) is 6.38. The van der Waals surface area contributed by atoms with Crippen molar-refractivity contribution in [3.8, 4) is 0 Å². The third kappa shape index (κ3) is 2.19. The van der Waals surface area contributed by atoms with Crippen LogP contribution in [0.25, 0.3) is 0 Å². The van der Waals surface area contributed by atoms with E-state index in [4.69, 9.17) is 0 Å². The summed E-state index contributed by atoms with van der Waals surface area (Å²) in [6.07, 6.45) is -4.19. The zero-order chi connectivity index (χ0) is 10.9. The number of nitrogens with zero attached hydrogens (tertiary/aromatic N) is 2. The van der Waals surface area contributed by atoms with E-state index in [1.54, 1.807) is 0 Å². The van der Waals surface area contributed by atoms with Gasteiger partial charge in [0.1, 0.15) is 16.4 Å². The number of halogens is 4. The first-order chi connectivity index (χ1) is 6.32. The number of hydrogen-bond acceptors (Lipinski definition) is 3. The quantitative estimate of drug-likeness (QED) is 0.448. The summed E-state index contributed by atoms with van der Waals surface area (Å²) in [7, 11) is 0. The molecule has 4 nitrogen and oxygen atoms in total. The molecule has 76 valence electrons. The lowest BCUT2D eigenvalue weighted by Crippen LogP contribution is -2.09. The van der Waals surface area contributed by atoms with Gasteiger partial charge in [0.05, 0.1) is 4.92 Å². The number of hydrogen-bond donors (Lipinski definition) is 0. The predicted molar refractivity (Wildman–Crippen MR) is 43.6 cm³/mol. The van der Waals surface area contributed by atoms with Crippen molar-refractivity contribution < 1.29 is 18.1 Å². The molecular formula is C6H2BrF3N2O2.